The number of hydrogen-bond acceptors (Lipinski definition) is 3. The van der Waals surface area contributed by atoms with Crippen molar-refractivity contribution in [1.29, 1.82) is 0 Å². The van der Waals surface area contributed by atoms with E-state index in [1.165, 1.54) is 12.1 Å². The average molecular weight is 265 g/mol. The molecule has 0 saturated heterocycles. The molecule has 1 atom stereocenters. The molecule has 0 aliphatic rings. The summed E-state index contributed by atoms with van der Waals surface area (Å²) >= 11 is 0. The molecule has 0 saturated carbocycles. The molecule has 0 fully saturated rings. The van der Waals surface area contributed by atoms with Gasteiger partial charge >= 0.3 is 0 Å². The minimum Gasteiger partial charge on any atom is -0.460 e. The van der Waals surface area contributed by atoms with Gasteiger partial charge < -0.3 is 14.8 Å². The maximum absolute atomic E-state index is 13.0. The SMILES string of the molecule is CC(C)C(O)CCNCc1cc2cc(F)ccc2o1. The lowest BCUT2D eigenvalue weighted by Crippen LogP contribution is -2.23. The lowest BCUT2D eigenvalue weighted by Gasteiger charge is -2.13. The summed E-state index contributed by atoms with van der Waals surface area (Å²) in [5.74, 6) is 0.795. The van der Waals surface area contributed by atoms with Gasteiger partial charge in [0.2, 0.25) is 0 Å². The Balaban J connectivity index is 1.85. The van der Waals surface area contributed by atoms with E-state index >= 15 is 0 Å². The minimum absolute atomic E-state index is 0.257. The highest BCUT2D eigenvalue weighted by Gasteiger charge is 2.09. The average Bonchev–Trinajstić information content (AvgIpc) is 2.75. The van der Waals surface area contributed by atoms with Crippen LogP contribution in [0.15, 0.2) is 28.7 Å². The van der Waals surface area contributed by atoms with Crippen LogP contribution in [0.2, 0.25) is 0 Å². The van der Waals surface area contributed by atoms with Gasteiger partial charge in [-0.05, 0) is 43.1 Å². The Morgan fingerprint density at radius 1 is 1.32 bits per heavy atom. The van der Waals surface area contributed by atoms with Crippen LogP contribution in [-0.2, 0) is 6.54 Å². The molecule has 0 radical (unpaired) electrons. The van der Waals surface area contributed by atoms with Crippen molar-refractivity contribution in [3.8, 4) is 0 Å². The van der Waals surface area contributed by atoms with Crippen molar-refractivity contribution in [3.63, 3.8) is 0 Å². The van der Waals surface area contributed by atoms with E-state index in [-0.39, 0.29) is 17.8 Å². The van der Waals surface area contributed by atoms with Gasteiger partial charge in [-0.3, -0.25) is 0 Å². The van der Waals surface area contributed by atoms with E-state index in [9.17, 15) is 9.50 Å². The third kappa shape index (κ3) is 3.78. The molecule has 2 rings (SSSR count). The lowest BCUT2D eigenvalue weighted by atomic mass is 10.0. The topological polar surface area (TPSA) is 45.4 Å². The highest BCUT2D eigenvalue weighted by atomic mass is 19.1. The van der Waals surface area contributed by atoms with Crippen molar-refractivity contribution in [1.82, 2.24) is 5.32 Å². The van der Waals surface area contributed by atoms with Crippen LogP contribution in [0.3, 0.4) is 0 Å². The van der Waals surface area contributed by atoms with Gasteiger partial charge in [0.15, 0.2) is 0 Å². The molecule has 2 aromatic rings. The number of aliphatic hydroxyl groups excluding tert-OH is 1. The molecule has 0 spiro atoms. The molecule has 19 heavy (non-hydrogen) atoms. The van der Waals surface area contributed by atoms with E-state index in [0.717, 1.165) is 17.7 Å². The number of nitrogens with one attached hydrogen (secondary N) is 1. The van der Waals surface area contributed by atoms with Crippen LogP contribution in [0.5, 0.6) is 0 Å². The molecule has 0 aliphatic carbocycles. The number of fused-ring (bicyclic) bond motifs is 1. The lowest BCUT2D eigenvalue weighted by molar-refractivity contribution is 0.116. The van der Waals surface area contributed by atoms with Crippen LogP contribution < -0.4 is 5.32 Å². The Morgan fingerprint density at radius 3 is 2.84 bits per heavy atom. The van der Waals surface area contributed by atoms with Crippen LogP contribution in [0.1, 0.15) is 26.0 Å². The number of aliphatic hydroxyl groups is 1. The number of rotatable bonds is 6. The number of furan rings is 1. The first-order valence-corrected chi connectivity index (χ1v) is 6.63. The predicted octanol–water partition coefficient (Wildman–Crippen LogP) is 3.07. The van der Waals surface area contributed by atoms with Gasteiger partial charge in [-0.25, -0.2) is 4.39 Å². The second-order valence-corrected chi connectivity index (χ2v) is 5.17. The van der Waals surface area contributed by atoms with Gasteiger partial charge in [-0.15, -0.1) is 0 Å². The van der Waals surface area contributed by atoms with Crippen molar-refractivity contribution >= 4 is 11.0 Å². The summed E-state index contributed by atoms with van der Waals surface area (Å²) in [5.41, 5.74) is 0.695. The van der Waals surface area contributed by atoms with E-state index in [4.69, 9.17) is 4.42 Å². The summed E-state index contributed by atoms with van der Waals surface area (Å²) in [6.45, 7) is 5.31. The molecular weight excluding hydrogens is 245 g/mol. The van der Waals surface area contributed by atoms with Crippen LogP contribution in [-0.4, -0.2) is 17.8 Å². The zero-order valence-corrected chi connectivity index (χ0v) is 11.3. The van der Waals surface area contributed by atoms with Gasteiger partial charge in [0, 0.05) is 5.39 Å². The fraction of sp³-hybridized carbons (Fsp3) is 0.467. The molecule has 1 heterocycles. The van der Waals surface area contributed by atoms with Gasteiger partial charge in [-0.2, -0.15) is 0 Å². The zero-order valence-electron chi connectivity index (χ0n) is 11.3. The number of benzene rings is 1. The normalized spacial score (nSPS) is 13.3. The summed E-state index contributed by atoms with van der Waals surface area (Å²) in [6.07, 6.45) is 0.434. The summed E-state index contributed by atoms with van der Waals surface area (Å²) < 4.78 is 18.6. The van der Waals surface area contributed by atoms with Crippen molar-refractivity contribution in [3.05, 3.63) is 35.8 Å². The van der Waals surface area contributed by atoms with E-state index in [1.807, 2.05) is 19.9 Å². The maximum Gasteiger partial charge on any atom is 0.134 e. The number of hydrogen-bond donors (Lipinski definition) is 2. The first-order chi connectivity index (χ1) is 9.06. The molecular formula is C15H20FNO2. The molecule has 0 amide bonds. The summed E-state index contributed by atoms with van der Waals surface area (Å²) in [4.78, 5) is 0. The van der Waals surface area contributed by atoms with Gasteiger partial charge in [0.05, 0.1) is 12.6 Å². The van der Waals surface area contributed by atoms with Crippen molar-refractivity contribution in [2.24, 2.45) is 5.92 Å². The molecule has 1 aromatic carbocycles. The number of halogens is 1. The van der Waals surface area contributed by atoms with E-state index in [2.05, 4.69) is 5.32 Å². The largest absolute Gasteiger partial charge is 0.460 e. The van der Waals surface area contributed by atoms with E-state index in [0.29, 0.717) is 18.5 Å². The summed E-state index contributed by atoms with van der Waals surface area (Å²) in [5, 5.41) is 13.7. The van der Waals surface area contributed by atoms with E-state index in [1.54, 1.807) is 6.07 Å². The third-order valence-corrected chi connectivity index (χ3v) is 3.22. The molecule has 4 heteroatoms. The first-order valence-electron chi connectivity index (χ1n) is 6.63. The Morgan fingerprint density at radius 2 is 2.11 bits per heavy atom. The Labute approximate surface area is 112 Å². The second-order valence-electron chi connectivity index (χ2n) is 5.17. The standard InChI is InChI=1S/C15H20FNO2/c1-10(2)14(18)5-6-17-9-13-8-11-7-12(16)3-4-15(11)19-13/h3-4,7-8,10,14,17-18H,5-6,9H2,1-2H3. The molecule has 0 aliphatic heterocycles. The van der Waals surface area contributed by atoms with Crippen LogP contribution in [0.25, 0.3) is 11.0 Å². The Bertz CT molecular complexity index is 536. The van der Waals surface area contributed by atoms with Crippen molar-refractivity contribution in [2.75, 3.05) is 6.54 Å². The molecule has 3 nitrogen and oxygen atoms in total. The summed E-state index contributed by atoms with van der Waals surface area (Å²) in [7, 11) is 0. The molecule has 2 N–H and O–H groups in total. The van der Waals surface area contributed by atoms with Gasteiger partial charge in [0.25, 0.3) is 0 Å². The molecule has 104 valence electrons. The van der Waals surface area contributed by atoms with Gasteiger partial charge in [-0.1, -0.05) is 13.8 Å². The Hall–Kier alpha value is -1.39. The monoisotopic (exact) mass is 265 g/mol. The van der Waals surface area contributed by atoms with Crippen LogP contribution in [0, 0.1) is 11.7 Å². The van der Waals surface area contributed by atoms with Crippen LogP contribution >= 0.6 is 0 Å². The quantitative estimate of drug-likeness (QED) is 0.789. The van der Waals surface area contributed by atoms with Crippen LogP contribution in [0.4, 0.5) is 4.39 Å². The van der Waals surface area contributed by atoms with Crippen molar-refractivity contribution in [2.45, 2.75) is 32.9 Å². The zero-order chi connectivity index (χ0) is 13.8. The minimum atomic E-state index is -0.280. The molecule has 1 aromatic heterocycles. The maximum atomic E-state index is 13.0. The smallest absolute Gasteiger partial charge is 0.134 e. The predicted molar refractivity (Wildman–Crippen MR) is 73.3 cm³/mol. The fourth-order valence-electron chi connectivity index (χ4n) is 1.95. The highest BCUT2D eigenvalue weighted by Crippen LogP contribution is 2.20. The molecule has 1 unspecified atom stereocenters. The summed E-state index contributed by atoms with van der Waals surface area (Å²) in [6, 6.07) is 6.33. The molecule has 0 bridgehead atoms. The second kappa shape index (κ2) is 6.17. The Kier molecular flexibility index (Phi) is 4.56. The third-order valence-electron chi connectivity index (χ3n) is 3.22. The van der Waals surface area contributed by atoms with Gasteiger partial charge in [0.1, 0.15) is 17.2 Å². The fourth-order valence-corrected chi connectivity index (χ4v) is 1.95. The first kappa shape index (κ1) is 14.0. The van der Waals surface area contributed by atoms with E-state index < -0.39 is 0 Å². The highest BCUT2D eigenvalue weighted by molar-refractivity contribution is 5.77. The van der Waals surface area contributed by atoms with Crippen molar-refractivity contribution < 1.29 is 13.9 Å².